The van der Waals surface area contributed by atoms with Crippen LogP contribution in [0.2, 0.25) is 0 Å². The summed E-state index contributed by atoms with van der Waals surface area (Å²) in [5.41, 5.74) is 1.56. The maximum Gasteiger partial charge on any atom is 0.337 e. The Kier molecular flexibility index (Phi) is 7.74. The third-order valence-electron chi connectivity index (χ3n) is 3.72. The fourth-order valence-corrected chi connectivity index (χ4v) is 2.27. The quantitative estimate of drug-likeness (QED) is 0.431. The van der Waals surface area contributed by atoms with E-state index in [0.717, 1.165) is 36.8 Å². The zero-order valence-corrected chi connectivity index (χ0v) is 15.6. The first kappa shape index (κ1) is 19.6. The molecule has 0 spiro atoms. The molecule has 6 nitrogen and oxygen atoms in total. The van der Waals surface area contributed by atoms with Gasteiger partial charge in [0.15, 0.2) is 5.96 Å². The van der Waals surface area contributed by atoms with E-state index in [9.17, 15) is 4.79 Å². The SMILES string of the molecule is COC(=O)c1ccc(CN=C(NCCc2ccco2)NCC(C)C)cc1. The molecule has 1 aromatic heterocycles. The van der Waals surface area contributed by atoms with Crippen molar-refractivity contribution in [2.75, 3.05) is 20.2 Å². The second-order valence-corrected chi connectivity index (χ2v) is 6.38. The summed E-state index contributed by atoms with van der Waals surface area (Å²) in [6, 6.07) is 11.1. The largest absolute Gasteiger partial charge is 0.469 e. The molecule has 2 rings (SSSR count). The predicted molar refractivity (Wildman–Crippen MR) is 102 cm³/mol. The molecule has 1 heterocycles. The summed E-state index contributed by atoms with van der Waals surface area (Å²) in [6.07, 6.45) is 2.47. The summed E-state index contributed by atoms with van der Waals surface area (Å²) in [6.45, 7) is 6.40. The molecule has 140 valence electrons. The molecule has 0 bridgehead atoms. The fourth-order valence-electron chi connectivity index (χ4n) is 2.27. The van der Waals surface area contributed by atoms with E-state index in [0.29, 0.717) is 18.0 Å². The molecule has 6 heteroatoms. The van der Waals surface area contributed by atoms with Crippen LogP contribution in [0.5, 0.6) is 0 Å². The minimum Gasteiger partial charge on any atom is -0.469 e. The van der Waals surface area contributed by atoms with Gasteiger partial charge >= 0.3 is 5.97 Å². The number of hydrogen-bond donors (Lipinski definition) is 2. The topological polar surface area (TPSA) is 75.9 Å². The van der Waals surface area contributed by atoms with Gasteiger partial charge in [0.25, 0.3) is 0 Å². The Morgan fingerprint density at radius 3 is 2.58 bits per heavy atom. The number of aliphatic imine (C=N–C) groups is 1. The van der Waals surface area contributed by atoms with Crippen molar-refractivity contribution < 1.29 is 13.9 Å². The molecule has 0 fully saturated rings. The number of hydrogen-bond acceptors (Lipinski definition) is 4. The highest BCUT2D eigenvalue weighted by atomic mass is 16.5. The maximum atomic E-state index is 11.5. The molecule has 0 aliphatic rings. The molecule has 0 amide bonds. The number of rotatable bonds is 8. The number of nitrogens with zero attached hydrogens (tertiary/aromatic N) is 1. The third-order valence-corrected chi connectivity index (χ3v) is 3.72. The van der Waals surface area contributed by atoms with E-state index < -0.39 is 0 Å². The summed E-state index contributed by atoms with van der Waals surface area (Å²) >= 11 is 0. The summed E-state index contributed by atoms with van der Waals surface area (Å²) in [5, 5.41) is 6.67. The Balaban J connectivity index is 1.93. The van der Waals surface area contributed by atoms with Crippen molar-refractivity contribution in [3.8, 4) is 0 Å². The zero-order chi connectivity index (χ0) is 18.8. The smallest absolute Gasteiger partial charge is 0.337 e. The van der Waals surface area contributed by atoms with Crippen LogP contribution in [0, 0.1) is 5.92 Å². The summed E-state index contributed by atoms with van der Waals surface area (Å²) in [7, 11) is 1.38. The fraction of sp³-hybridized carbons (Fsp3) is 0.400. The number of furan rings is 1. The summed E-state index contributed by atoms with van der Waals surface area (Å²) in [4.78, 5) is 16.1. The number of nitrogens with one attached hydrogen (secondary N) is 2. The Morgan fingerprint density at radius 2 is 1.96 bits per heavy atom. The molecule has 2 aromatic rings. The Hall–Kier alpha value is -2.76. The van der Waals surface area contributed by atoms with Crippen molar-refractivity contribution in [3.63, 3.8) is 0 Å². The van der Waals surface area contributed by atoms with Crippen LogP contribution in [-0.2, 0) is 17.7 Å². The van der Waals surface area contributed by atoms with Crippen molar-refractivity contribution in [2.45, 2.75) is 26.8 Å². The van der Waals surface area contributed by atoms with Crippen LogP contribution < -0.4 is 10.6 Å². The van der Waals surface area contributed by atoms with Gasteiger partial charge in [0.05, 0.1) is 25.5 Å². The number of carbonyl (C=O) groups is 1. The van der Waals surface area contributed by atoms with E-state index in [4.69, 9.17) is 9.15 Å². The molecule has 0 saturated heterocycles. The summed E-state index contributed by atoms with van der Waals surface area (Å²) in [5.74, 6) is 1.90. The molecule has 2 N–H and O–H groups in total. The molecule has 0 saturated carbocycles. The van der Waals surface area contributed by atoms with Gasteiger partial charge in [0, 0.05) is 19.5 Å². The molecule has 0 unspecified atom stereocenters. The van der Waals surface area contributed by atoms with Crippen molar-refractivity contribution >= 4 is 11.9 Å². The predicted octanol–water partition coefficient (Wildman–Crippen LogP) is 3.00. The van der Waals surface area contributed by atoms with Gasteiger partial charge < -0.3 is 19.8 Å². The first-order chi connectivity index (χ1) is 12.6. The van der Waals surface area contributed by atoms with Crippen molar-refractivity contribution in [2.24, 2.45) is 10.9 Å². The lowest BCUT2D eigenvalue weighted by molar-refractivity contribution is 0.0600. The first-order valence-electron chi connectivity index (χ1n) is 8.80. The Labute approximate surface area is 154 Å². The number of benzene rings is 1. The van der Waals surface area contributed by atoms with Crippen LogP contribution in [0.15, 0.2) is 52.1 Å². The van der Waals surface area contributed by atoms with Crippen LogP contribution in [0.1, 0.15) is 35.5 Å². The normalized spacial score (nSPS) is 11.5. The number of guanidine groups is 1. The van der Waals surface area contributed by atoms with Gasteiger partial charge in [-0.05, 0) is 35.7 Å². The molecule has 26 heavy (non-hydrogen) atoms. The highest BCUT2D eigenvalue weighted by molar-refractivity contribution is 5.89. The first-order valence-corrected chi connectivity index (χ1v) is 8.80. The second-order valence-electron chi connectivity index (χ2n) is 6.38. The number of ether oxygens (including phenoxy) is 1. The second kappa shape index (κ2) is 10.3. The van der Waals surface area contributed by atoms with Crippen LogP contribution in [0.25, 0.3) is 0 Å². The molecule has 0 aliphatic carbocycles. The van der Waals surface area contributed by atoms with Crippen molar-refractivity contribution in [3.05, 3.63) is 59.5 Å². The van der Waals surface area contributed by atoms with E-state index in [1.54, 1.807) is 18.4 Å². The van der Waals surface area contributed by atoms with Crippen LogP contribution in [0.3, 0.4) is 0 Å². The monoisotopic (exact) mass is 357 g/mol. The number of carbonyl (C=O) groups excluding carboxylic acids is 1. The van der Waals surface area contributed by atoms with Gasteiger partial charge in [-0.25, -0.2) is 9.79 Å². The standard InChI is InChI=1S/C20H27N3O3/c1-15(2)13-22-20(21-11-10-18-5-4-12-26-18)23-14-16-6-8-17(9-7-16)19(24)25-3/h4-9,12,15H,10-11,13-14H2,1-3H3,(H2,21,22,23). The molecular weight excluding hydrogens is 330 g/mol. The lowest BCUT2D eigenvalue weighted by atomic mass is 10.1. The van der Waals surface area contributed by atoms with Gasteiger partial charge in [-0.3, -0.25) is 0 Å². The molecular formula is C20H27N3O3. The minimum absolute atomic E-state index is 0.334. The van der Waals surface area contributed by atoms with E-state index in [1.165, 1.54) is 7.11 Å². The van der Waals surface area contributed by atoms with Gasteiger partial charge in [-0.2, -0.15) is 0 Å². The highest BCUT2D eigenvalue weighted by Gasteiger charge is 2.05. The van der Waals surface area contributed by atoms with Crippen LogP contribution in [0.4, 0.5) is 0 Å². The zero-order valence-electron chi connectivity index (χ0n) is 15.6. The summed E-state index contributed by atoms with van der Waals surface area (Å²) < 4.78 is 10.1. The van der Waals surface area contributed by atoms with Gasteiger partial charge in [0.2, 0.25) is 0 Å². The lowest BCUT2D eigenvalue weighted by Crippen LogP contribution is -2.40. The number of esters is 1. The molecule has 0 atom stereocenters. The average Bonchev–Trinajstić information content (AvgIpc) is 3.16. The van der Waals surface area contributed by atoms with Crippen LogP contribution >= 0.6 is 0 Å². The van der Waals surface area contributed by atoms with E-state index in [-0.39, 0.29) is 5.97 Å². The number of methoxy groups -OCH3 is 1. The third kappa shape index (κ3) is 6.63. The Morgan fingerprint density at radius 1 is 1.19 bits per heavy atom. The van der Waals surface area contributed by atoms with Crippen molar-refractivity contribution in [1.82, 2.24) is 10.6 Å². The Bertz CT molecular complexity index is 692. The van der Waals surface area contributed by atoms with E-state index in [1.807, 2.05) is 24.3 Å². The minimum atomic E-state index is -0.334. The van der Waals surface area contributed by atoms with Gasteiger partial charge in [-0.1, -0.05) is 26.0 Å². The highest BCUT2D eigenvalue weighted by Crippen LogP contribution is 2.07. The molecule has 0 radical (unpaired) electrons. The molecule has 1 aromatic carbocycles. The van der Waals surface area contributed by atoms with Gasteiger partial charge in [-0.15, -0.1) is 0 Å². The lowest BCUT2D eigenvalue weighted by Gasteiger charge is -2.14. The van der Waals surface area contributed by atoms with Gasteiger partial charge in [0.1, 0.15) is 5.76 Å². The average molecular weight is 357 g/mol. The molecule has 0 aliphatic heterocycles. The van der Waals surface area contributed by atoms with E-state index in [2.05, 4.69) is 29.5 Å². The maximum absolute atomic E-state index is 11.5. The van der Waals surface area contributed by atoms with E-state index >= 15 is 0 Å². The van der Waals surface area contributed by atoms with Crippen molar-refractivity contribution in [1.29, 1.82) is 0 Å². The van der Waals surface area contributed by atoms with Crippen LogP contribution in [-0.4, -0.2) is 32.1 Å².